The van der Waals surface area contributed by atoms with Crippen LogP contribution in [0.5, 0.6) is 0 Å². The van der Waals surface area contributed by atoms with E-state index >= 15 is 0 Å². The SMILES string of the molecule is CC(C)O.CC(C)O.CC(C)O.[CH2-]CCC.[Zr]. The molecule has 0 rings (SSSR count). The Morgan fingerprint density at radius 3 is 0.824 bits per heavy atom. The fourth-order valence-corrected chi connectivity index (χ4v) is 0. The molecule has 0 radical (unpaired) electrons. The van der Waals surface area contributed by atoms with Gasteiger partial charge in [-0.25, -0.2) is 0 Å². The molecule has 0 fully saturated rings. The summed E-state index contributed by atoms with van der Waals surface area (Å²) in [5.74, 6) is 0. The number of hydrogen-bond acceptors (Lipinski definition) is 3. The Morgan fingerprint density at radius 2 is 0.824 bits per heavy atom. The fraction of sp³-hybridized carbons (Fsp3) is 0.923. The summed E-state index contributed by atoms with van der Waals surface area (Å²) < 4.78 is 0. The van der Waals surface area contributed by atoms with Gasteiger partial charge in [0.25, 0.3) is 0 Å². The van der Waals surface area contributed by atoms with Crippen molar-refractivity contribution in [3.05, 3.63) is 6.92 Å². The molecular weight excluding hydrogens is 295 g/mol. The van der Waals surface area contributed by atoms with Crippen LogP contribution < -0.4 is 0 Å². The van der Waals surface area contributed by atoms with Crippen LogP contribution in [0.4, 0.5) is 0 Å². The molecule has 0 atom stereocenters. The van der Waals surface area contributed by atoms with E-state index < -0.39 is 0 Å². The van der Waals surface area contributed by atoms with Gasteiger partial charge in [-0.2, -0.15) is 6.42 Å². The molecule has 3 nitrogen and oxygen atoms in total. The van der Waals surface area contributed by atoms with Crippen LogP contribution >= 0.6 is 0 Å². The van der Waals surface area contributed by atoms with E-state index in [4.69, 9.17) is 15.3 Å². The van der Waals surface area contributed by atoms with Crippen LogP contribution in [0.25, 0.3) is 0 Å². The molecule has 0 heterocycles. The van der Waals surface area contributed by atoms with E-state index in [2.05, 4.69) is 13.8 Å². The van der Waals surface area contributed by atoms with Gasteiger partial charge in [-0.05, 0) is 41.5 Å². The Balaban J connectivity index is -0.0000000369. The zero-order valence-corrected chi connectivity index (χ0v) is 15.2. The minimum Gasteiger partial charge on any atom is -0.394 e. The van der Waals surface area contributed by atoms with Crippen molar-refractivity contribution >= 4 is 0 Å². The molecule has 0 aliphatic rings. The van der Waals surface area contributed by atoms with E-state index in [0.717, 1.165) is 6.42 Å². The molecule has 108 valence electrons. The molecule has 0 aromatic rings. The summed E-state index contributed by atoms with van der Waals surface area (Å²) in [5.41, 5.74) is 0. The van der Waals surface area contributed by atoms with Crippen molar-refractivity contribution in [1.29, 1.82) is 0 Å². The maximum Gasteiger partial charge on any atom is 0.0483 e. The van der Waals surface area contributed by atoms with E-state index in [0.29, 0.717) is 0 Å². The van der Waals surface area contributed by atoms with Gasteiger partial charge in [0.15, 0.2) is 0 Å². The molecule has 0 aliphatic heterocycles. The normalized spacial score (nSPS) is 8.12. The third-order valence-corrected chi connectivity index (χ3v) is 0.354. The molecule has 17 heavy (non-hydrogen) atoms. The number of unbranched alkanes of at least 4 members (excludes halogenated alkanes) is 1. The van der Waals surface area contributed by atoms with Crippen LogP contribution in [0.2, 0.25) is 0 Å². The van der Waals surface area contributed by atoms with Gasteiger partial charge in [0.05, 0.1) is 0 Å². The largest absolute Gasteiger partial charge is 0.394 e. The Bertz CT molecular complexity index is 62.2. The van der Waals surface area contributed by atoms with Crippen LogP contribution in [0, 0.1) is 6.92 Å². The minimum absolute atomic E-state index is 0. The van der Waals surface area contributed by atoms with Gasteiger partial charge < -0.3 is 22.2 Å². The minimum atomic E-state index is -0.167. The second-order valence-electron chi connectivity index (χ2n) is 4.13. The van der Waals surface area contributed by atoms with E-state index in [-0.39, 0.29) is 44.5 Å². The molecule has 0 saturated carbocycles. The number of aliphatic hydroxyl groups is 3. The molecule has 4 heteroatoms. The van der Waals surface area contributed by atoms with Crippen molar-refractivity contribution in [3.8, 4) is 0 Å². The number of aliphatic hydroxyl groups excluding tert-OH is 3. The van der Waals surface area contributed by atoms with E-state index in [1.54, 1.807) is 41.5 Å². The van der Waals surface area contributed by atoms with Gasteiger partial charge in [0, 0.05) is 44.5 Å². The Kier molecular flexibility index (Phi) is 54.3. The molecule has 0 saturated heterocycles. The second kappa shape index (κ2) is 30.1. The monoisotopic (exact) mass is 327 g/mol. The smallest absolute Gasteiger partial charge is 0.0483 e. The van der Waals surface area contributed by atoms with E-state index in [9.17, 15) is 0 Å². The van der Waals surface area contributed by atoms with Gasteiger partial charge in [0.2, 0.25) is 0 Å². The van der Waals surface area contributed by atoms with Crippen LogP contribution in [-0.2, 0) is 26.2 Å². The predicted molar refractivity (Wildman–Crippen MR) is 72.3 cm³/mol. The van der Waals surface area contributed by atoms with Gasteiger partial charge in [-0.15, -0.1) is 0 Å². The Labute approximate surface area is 128 Å². The van der Waals surface area contributed by atoms with Crippen LogP contribution in [0.15, 0.2) is 0 Å². The summed E-state index contributed by atoms with van der Waals surface area (Å²) in [6.07, 6.45) is 1.78. The summed E-state index contributed by atoms with van der Waals surface area (Å²) in [7, 11) is 0. The van der Waals surface area contributed by atoms with Gasteiger partial charge in [0.1, 0.15) is 0 Å². The fourth-order valence-electron chi connectivity index (χ4n) is 0. The van der Waals surface area contributed by atoms with Crippen LogP contribution in [0.1, 0.15) is 61.3 Å². The van der Waals surface area contributed by atoms with E-state index in [1.165, 1.54) is 6.42 Å². The quantitative estimate of drug-likeness (QED) is 0.649. The maximum absolute atomic E-state index is 8.06. The second-order valence-corrected chi connectivity index (χ2v) is 4.13. The summed E-state index contributed by atoms with van der Waals surface area (Å²) in [4.78, 5) is 0. The number of rotatable bonds is 1. The first-order valence-corrected chi connectivity index (χ1v) is 5.95. The molecular formula is C13H33O3Zr-. The van der Waals surface area contributed by atoms with Crippen molar-refractivity contribution in [2.75, 3.05) is 0 Å². The van der Waals surface area contributed by atoms with Crippen LogP contribution in [-0.4, -0.2) is 33.6 Å². The number of hydrogen-bond donors (Lipinski definition) is 3. The van der Waals surface area contributed by atoms with Crippen molar-refractivity contribution in [2.45, 2.75) is 79.6 Å². The first-order valence-electron chi connectivity index (χ1n) is 5.95. The zero-order valence-electron chi connectivity index (χ0n) is 12.7. The van der Waals surface area contributed by atoms with Crippen molar-refractivity contribution in [1.82, 2.24) is 0 Å². The maximum atomic E-state index is 8.06. The van der Waals surface area contributed by atoms with Gasteiger partial charge in [-0.3, -0.25) is 0 Å². The molecule has 0 unspecified atom stereocenters. The molecule has 0 spiro atoms. The molecule has 0 aromatic carbocycles. The van der Waals surface area contributed by atoms with Crippen molar-refractivity contribution in [3.63, 3.8) is 0 Å². The third kappa shape index (κ3) is 1180. The third-order valence-electron chi connectivity index (χ3n) is 0.354. The molecule has 0 amide bonds. The average molecular weight is 329 g/mol. The Morgan fingerprint density at radius 1 is 0.765 bits per heavy atom. The summed E-state index contributed by atoms with van der Waals surface area (Å²) in [5, 5.41) is 24.2. The molecule has 3 N–H and O–H groups in total. The predicted octanol–water partition coefficient (Wildman–Crippen LogP) is 2.78. The summed E-state index contributed by atoms with van der Waals surface area (Å²) in [6, 6.07) is 0. The topological polar surface area (TPSA) is 60.7 Å². The first-order chi connectivity index (χ1) is 7.11. The summed E-state index contributed by atoms with van der Waals surface area (Å²) >= 11 is 0. The molecule has 0 aliphatic carbocycles. The molecule has 0 bridgehead atoms. The standard InChI is InChI=1S/C4H9.3C3H8O.Zr/c1-3-4-2;3*1-3(2)4;/h1,3-4H2,2H3;3*3-4H,1-2H3;/q-1;;;;. The van der Waals surface area contributed by atoms with Crippen molar-refractivity contribution < 1.29 is 41.5 Å². The van der Waals surface area contributed by atoms with Crippen LogP contribution in [0.3, 0.4) is 0 Å². The van der Waals surface area contributed by atoms with Gasteiger partial charge in [-0.1, -0.05) is 13.3 Å². The van der Waals surface area contributed by atoms with Crippen molar-refractivity contribution in [2.24, 2.45) is 0 Å². The molecule has 0 aromatic heterocycles. The zero-order chi connectivity index (χ0) is 14.1. The first kappa shape index (κ1) is 30.6. The van der Waals surface area contributed by atoms with Gasteiger partial charge >= 0.3 is 0 Å². The Hall–Kier alpha value is 0.763. The summed E-state index contributed by atoms with van der Waals surface area (Å²) in [6.45, 7) is 16.1. The average Bonchev–Trinajstić information content (AvgIpc) is 2.00. The van der Waals surface area contributed by atoms with E-state index in [1.807, 2.05) is 0 Å².